The summed E-state index contributed by atoms with van der Waals surface area (Å²) < 4.78 is 13.9. The molecule has 2 rings (SSSR count). The van der Waals surface area contributed by atoms with Crippen LogP contribution in [0.3, 0.4) is 0 Å². The highest BCUT2D eigenvalue weighted by atomic mass is 19.1. The molecule has 3 nitrogen and oxygen atoms in total. The first-order chi connectivity index (χ1) is 9.02. The highest BCUT2D eigenvalue weighted by molar-refractivity contribution is 5.43. The van der Waals surface area contributed by atoms with E-state index in [-0.39, 0.29) is 23.5 Å². The number of aromatic hydroxyl groups is 1. The lowest BCUT2D eigenvalue weighted by Gasteiger charge is -2.15. The van der Waals surface area contributed by atoms with E-state index in [1.54, 1.807) is 24.3 Å². The van der Waals surface area contributed by atoms with Gasteiger partial charge in [0.2, 0.25) is 0 Å². The molecule has 2 aromatic rings. The number of rotatable bonds is 3. The Morgan fingerprint density at radius 1 is 1.16 bits per heavy atom. The van der Waals surface area contributed by atoms with Crippen molar-refractivity contribution in [2.75, 3.05) is 0 Å². The van der Waals surface area contributed by atoms with Gasteiger partial charge < -0.3 is 15.3 Å². The van der Waals surface area contributed by atoms with Crippen LogP contribution in [-0.2, 0) is 6.61 Å². The zero-order chi connectivity index (χ0) is 14.0. The number of hydrogen-bond acceptors (Lipinski definition) is 3. The average molecular weight is 262 g/mol. The van der Waals surface area contributed by atoms with E-state index in [0.29, 0.717) is 5.56 Å². The third-order valence-electron chi connectivity index (χ3n) is 3.02. The summed E-state index contributed by atoms with van der Waals surface area (Å²) in [6.07, 6.45) is -1.24. The summed E-state index contributed by atoms with van der Waals surface area (Å²) in [5.41, 5.74) is 1.60. The van der Waals surface area contributed by atoms with Crippen LogP contribution in [0.25, 0.3) is 0 Å². The van der Waals surface area contributed by atoms with Gasteiger partial charge in [-0.2, -0.15) is 0 Å². The van der Waals surface area contributed by atoms with Crippen molar-refractivity contribution in [2.24, 2.45) is 0 Å². The van der Waals surface area contributed by atoms with Gasteiger partial charge in [0.1, 0.15) is 17.7 Å². The van der Waals surface area contributed by atoms with Crippen LogP contribution in [-0.4, -0.2) is 15.3 Å². The molecule has 19 heavy (non-hydrogen) atoms. The third-order valence-corrected chi connectivity index (χ3v) is 3.02. The Morgan fingerprint density at radius 2 is 1.79 bits per heavy atom. The molecule has 0 fully saturated rings. The van der Waals surface area contributed by atoms with Crippen LogP contribution < -0.4 is 0 Å². The Labute approximate surface area is 110 Å². The van der Waals surface area contributed by atoms with Crippen LogP contribution in [0.2, 0.25) is 0 Å². The first-order valence-corrected chi connectivity index (χ1v) is 5.89. The van der Waals surface area contributed by atoms with Crippen molar-refractivity contribution in [3.05, 3.63) is 64.5 Å². The van der Waals surface area contributed by atoms with E-state index >= 15 is 0 Å². The minimum absolute atomic E-state index is 0.180. The monoisotopic (exact) mass is 262 g/mol. The third kappa shape index (κ3) is 2.75. The van der Waals surface area contributed by atoms with Gasteiger partial charge in [0.05, 0.1) is 12.2 Å². The van der Waals surface area contributed by atoms with Crippen molar-refractivity contribution in [1.82, 2.24) is 0 Å². The molecule has 4 heteroatoms. The highest BCUT2D eigenvalue weighted by Crippen LogP contribution is 2.32. The van der Waals surface area contributed by atoms with Crippen molar-refractivity contribution in [3.8, 4) is 5.75 Å². The quantitative estimate of drug-likeness (QED) is 0.796. The number of aliphatic hydroxyl groups excluding tert-OH is 2. The first kappa shape index (κ1) is 13.5. The molecular weight excluding hydrogens is 247 g/mol. The van der Waals surface area contributed by atoms with Gasteiger partial charge in [-0.05, 0) is 30.2 Å². The molecule has 1 unspecified atom stereocenters. The lowest BCUT2D eigenvalue weighted by molar-refractivity contribution is 0.209. The van der Waals surface area contributed by atoms with Crippen LogP contribution in [0, 0.1) is 12.7 Å². The summed E-state index contributed by atoms with van der Waals surface area (Å²) in [6, 6.07) is 9.31. The fraction of sp³-hybridized carbons (Fsp3) is 0.200. The summed E-state index contributed by atoms with van der Waals surface area (Å²) >= 11 is 0. The summed E-state index contributed by atoms with van der Waals surface area (Å²) in [5, 5.41) is 28.8. The van der Waals surface area contributed by atoms with Gasteiger partial charge in [-0.15, -0.1) is 0 Å². The lowest BCUT2D eigenvalue weighted by Crippen LogP contribution is -2.04. The summed E-state index contributed by atoms with van der Waals surface area (Å²) in [5.74, 6) is -1.10. The van der Waals surface area contributed by atoms with Crippen molar-refractivity contribution in [1.29, 1.82) is 0 Å². The van der Waals surface area contributed by atoms with Gasteiger partial charge in [-0.1, -0.05) is 29.8 Å². The highest BCUT2D eigenvalue weighted by Gasteiger charge is 2.20. The molecule has 0 saturated carbocycles. The Bertz CT molecular complexity index is 555. The minimum atomic E-state index is -1.24. The number of halogens is 1. The fourth-order valence-corrected chi connectivity index (χ4v) is 1.94. The van der Waals surface area contributed by atoms with Gasteiger partial charge in [-0.25, -0.2) is 4.39 Å². The molecule has 0 aromatic heterocycles. The Kier molecular flexibility index (Phi) is 3.83. The molecule has 0 spiro atoms. The maximum atomic E-state index is 13.9. The van der Waals surface area contributed by atoms with Gasteiger partial charge in [0.15, 0.2) is 0 Å². The summed E-state index contributed by atoms with van der Waals surface area (Å²) in [6.45, 7) is 1.54. The molecule has 0 radical (unpaired) electrons. The maximum Gasteiger partial charge on any atom is 0.133 e. The number of aryl methyl sites for hydroxylation is 1. The van der Waals surface area contributed by atoms with Crippen LogP contribution in [0.15, 0.2) is 36.4 Å². The van der Waals surface area contributed by atoms with E-state index < -0.39 is 11.9 Å². The Balaban J connectivity index is 2.44. The number of phenols is 1. The van der Waals surface area contributed by atoms with E-state index in [4.69, 9.17) is 5.11 Å². The predicted octanol–water partition coefficient (Wildman–Crippen LogP) is 2.41. The number of aliphatic hydroxyl groups is 2. The zero-order valence-corrected chi connectivity index (χ0v) is 10.5. The van der Waals surface area contributed by atoms with Gasteiger partial charge in [-0.3, -0.25) is 0 Å². The number of benzene rings is 2. The normalized spacial score (nSPS) is 12.4. The molecule has 0 saturated heterocycles. The second kappa shape index (κ2) is 5.38. The minimum Gasteiger partial charge on any atom is -0.507 e. The van der Waals surface area contributed by atoms with Gasteiger partial charge in [0.25, 0.3) is 0 Å². The van der Waals surface area contributed by atoms with Crippen molar-refractivity contribution in [3.63, 3.8) is 0 Å². The fourth-order valence-electron chi connectivity index (χ4n) is 1.94. The molecule has 2 aromatic carbocycles. The molecule has 100 valence electrons. The van der Waals surface area contributed by atoms with Crippen LogP contribution >= 0.6 is 0 Å². The lowest BCUT2D eigenvalue weighted by atomic mass is 9.98. The molecule has 0 aliphatic rings. The molecule has 0 aliphatic carbocycles. The topological polar surface area (TPSA) is 60.7 Å². The van der Waals surface area contributed by atoms with E-state index in [9.17, 15) is 14.6 Å². The smallest absolute Gasteiger partial charge is 0.133 e. The molecule has 3 N–H and O–H groups in total. The maximum absolute atomic E-state index is 13.9. The van der Waals surface area contributed by atoms with Crippen molar-refractivity contribution >= 4 is 0 Å². The van der Waals surface area contributed by atoms with Gasteiger partial charge >= 0.3 is 0 Å². The second-order valence-electron chi connectivity index (χ2n) is 4.48. The van der Waals surface area contributed by atoms with Crippen molar-refractivity contribution in [2.45, 2.75) is 19.6 Å². The molecular formula is C15H15FO3. The molecule has 0 heterocycles. The average Bonchev–Trinajstić information content (AvgIpc) is 2.38. The van der Waals surface area contributed by atoms with E-state index in [1.165, 1.54) is 6.07 Å². The predicted molar refractivity (Wildman–Crippen MR) is 69.2 cm³/mol. The zero-order valence-electron chi connectivity index (χ0n) is 10.5. The number of hydrogen-bond donors (Lipinski definition) is 3. The second-order valence-corrected chi connectivity index (χ2v) is 4.48. The standard InChI is InChI=1S/C15H15FO3/c1-9-2-4-11(5-3-9)15(19)14-12(16)6-10(8-17)7-13(14)18/h2-7,15,17-19H,8H2,1H3. The molecule has 0 amide bonds. The van der Waals surface area contributed by atoms with Gasteiger partial charge in [0, 0.05) is 0 Å². The van der Waals surface area contributed by atoms with E-state index in [0.717, 1.165) is 11.6 Å². The molecule has 0 bridgehead atoms. The molecule has 0 aliphatic heterocycles. The van der Waals surface area contributed by atoms with Crippen LogP contribution in [0.5, 0.6) is 5.75 Å². The SMILES string of the molecule is Cc1ccc(C(O)c2c(O)cc(CO)cc2F)cc1. The first-order valence-electron chi connectivity index (χ1n) is 5.89. The Morgan fingerprint density at radius 3 is 2.32 bits per heavy atom. The van der Waals surface area contributed by atoms with Crippen LogP contribution in [0.4, 0.5) is 4.39 Å². The number of phenolic OH excluding ortho intramolecular Hbond substituents is 1. The van der Waals surface area contributed by atoms with E-state index in [2.05, 4.69) is 0 Å². The Hall–Kier alpha value is -1.91. The molecule has 1 atom stereocenters. The van der Waals surface area contributed by atoms with Crippen molar-refractivity contribution < 1.29 is 19.7 Å². The van der Waals surface area contributed by atoms with E-state index in [1.807, 2.05) is 6.92 Å². The summed E-state index contributed by atoms with van der Waals surface area (Å²) in [4.78, 5) is 0. The summed E-state index contributed by atoms with van der Waals surface area (Å²) in [7, 11) is 0. The largest absolute Gasteiger partial charge is 0.507 e. The van der Waals surface area contributed by atoms with Crippen LogP contribution in [0.1, 0.15) is 28.4 Å².